The molecule has 0 unspecified atom stereocenters. The molecular formula is C15H16N4OS. The third-order valence-electron chi connectivity index (χ3n) is 3.30. The maximum atomic E-state index is 12.5. The molecule has 0 saturated carbocycles. The van der Waals surface area contributed by atoms with Gasteiger partial charge in [-0.05, 0) is 11.8 Å². The predicted molar refractivity (Wildman–Crippen MR) is 84.6 cm³/mol. The van der Waals surface area contributed by atoms with E-state index >= 15 is 0 Å². The van der Waals surface area contributed by atoms with Gasteiger partial charge in [0.2, 0.25) is 0 Å². The molecule has 1 aliphatic rings. The number of hydrogen-bond acceptors (Lipinski definition) is 4. The highest BCUT2D eigenvalue weighted by Crippen LogP contribution is 2.15. The molecule has 3 rings (SSSR count). The maximum Gasteiger partial charge on any atom is 0.263 e. The topological polar surface area (TPSA) is 50.5 Å². The van der Waals surface area contributed by atoms with Gasteiger partial charge in [0, 0.05) is 12.7 Å². The van der Waals surface area contributed by atoms with Gasteiger partial charge in [-0.15, -0.1) is 0 Å². The molecular weight excluding hydrogens is 284 g/mol. The molecule has 1 aromatic carbocycles. The number of benzene rings is 1. The van der Waals surface area contributed by atoms with Crippen molar-refractivity contribution in [2.45, 2.75) is 6.54 Å². The SMILES string of the molecule is CSC1=NCCN1C(=O)c1cnn(Cc2ccccc2)c1. The van der Waals surface area contributed by atoms with Crippen LogP contribution in [0.5, 0.6) is 0 Å². The zero-order valence-electron chi connectivity index (χ0n) is 11.8. The van der Waals surface area contributed by atoms with Crippen LogP contribution in [0, 0.1) is 0 Å². The van der Waals surface area contributed by atoms with Crippen LogP contribution in [0.25, 0.3) is 0 Å². The van der Waals surface area contributed by atoms with E-state index < -0.39 is 0 Å². The van der Waals surface area contributed by atoms with E-state index in [4.69, 9.17) is 0 Å². The fraction of sp³-hybridized carbons (Fsp3) is 0.267. The van der Waals surface area contributed by atoms with Crippen LogP contribution in [0.3, 0.4) is 0 Å². The van der Waals surface area contributed by atoms with Crippen molar-refractivity contribution in [1.29, 1.82) is 0 Å². The van der Waals surface area contributed by atoms with Crippen LogP contribution in [0.4, 0.5) is 0 Å². The maximum absolute atomic E-state index is 12.5. The number of carbonyl (C=O) groups excluding carboxylic acids is 1. The predicted octanol–water partition coefficient (Wildman–Crippen LogP) is 2.11. The lowest BCUT2D eigenvalue weighted by molar-refractivity contribution is 0.0860. The zero-order chi connectivity index (χ0) is 14.7. The molecule has 1 aliphatic heterocycles. The summed E-state index contributed by atoms with van der Waals surface area (Å²) >= 11 is 1.50. The summed E-state index contributed by atoms with van der Waals surface area (Å²) in [6.45, 7) is 2.00. The Morgan fingerprint density at radius 2 is 2.14 bits per heavy atom. The van der Waals surface area contributed by atoms with Crippen molar-refractivity contribution >= 4 is 22.8 Å². The van der Waals surface area contributed by atoms with Crippen molar-refractivity contribution in [2.75, 3.05) is 19.3 Å². The van der Waals surface area contributed by atoms with Gasteiger partial charge in [-0.1, -0.05) is 42.1 Å². The Labute approximate surface area is 127 Å². The van der Waals surface area contributed by atoms with Crippen molar-refractivity contribution in [3.63, 3.8) is 0 Å². The molecule has 0 saturated heterocycles. The Morgan fingerprint density at radius 1 is 1.33 bits per heavy atom. The Bertz CT molecular complexity index is 665. The van der Waals surface area contributed by atoms with Crippen LogP contribution in [0.1, 0.15) is 15.9 Å². The van der Waals surface area contributed by atoms with Crippen LogP contribution < -0.4 is 0 Å². The number of aliphatic imine (C=N–C) groups is 1. The fourth-order valence-electron chi connectivity index (χ4n) is 2.28. The number of rotatable bonds is 3. The summed E-state index contributed by atoms with van der Waals surface area (Å²) in [6, 6.07) is 10.1. The lowest BCUT2D eigenvalue weighted by Crippen LogP contribution is -2.32. The van der Waals surface area contributed by atoms with E-state index in [1.165, 1.54) is 11.8 Å². The van der Waals surface area contributed by atoms with E-state index in [2.05, 4.69) is 10.1 Å². The van der Waals surface area contributed by atoms with Crippen LogP contribution in [-0.4, -0.2) is 45.1 Å². The highest BCUT2D eigenvalue weighted by Gasteiger charge is 2.25. The van der Waals surface area contributed by atoms with Gasteiger partial charge in [0.1, 0.15) is 0 Å². The van der Waals surface area contributed by atoms with Gasteiger partial charge in [0.05, 0.1) is 24.8 Å². The van der Waals surface area contributed by atoms with E-state index in [0.717, 1.165) is 10.7 Å². The second kappa shape index (κ2) is 6.13. The number of amidine groups is 1. The van der Waals surface area contributed by atoms with E-state index in [-0.39, 0.29) is 5.91 Å². The third-order valence-corrected chi connectivity index (χ3v) is 4.01. The molecule has 6 heteroatoms. The molecule has 0 spiro atoms. The van der Waals surface area contributed by atoms with Crippen LogP contribution >= 0.6 is 11.8 Å². The molecule has 21 heavy (non-hydrogen) atoms. The molecule has 1 amide bonds. The summed E-state index contributed by atoms with van der Waals surface area (Å²) in [5, 5.41) is 5.07. The van der Waals surface area contributed by atoms with Gasteiger partial charge in [-0.3, -0.25) is 19.4 Å². The van der Waals surface area contributed by atoms with Gasteiger partial charge >= 0.3 is 0 Å². The summed E-state index contributed by atoms with van der Waals surface area (Å²) in [7, 11) is 0. The molecule has 1 aromatic heterocycles. The molecule has 0 atom stereocenters. The van der Waals surface area contributed by atoms with Crippen molar-refractivity contribution in [1.82, 2.24) is 14.7 Å². The largest absolute Gasteiger partial charge is 0.286 e. The minimum atomic E-state index is -0.0279. The van der Waals surface area contributed by atoms with Gasteiger partial charge in [0.25, 0.3) is 5.91 Å². The number of aromatic nitrogens is 2. The first-order valence-electron chi connectivity index (χ1n) is 6.74. The second-order valence-electron chi connectivity index (χ2n) is 4.74. The first-order valence-corrected chi connectivity index (χ1v) is 7.97. The number of carbonyl (C=O) groups is 1. The first-order chi connectivity index (χ1) is 10.3. The van der Waals surface area contributed by atoms with Crippen LogP contribution in [0.15, 0.2) is 47.7 Å². The van der Waals surface area contributed by atoms with E-state index in [9.17, 15) is 4.79 Å². The number of thioether (sulfide) groups is 1. The smallest absolute Gasteiger partial charge is 0.263 e. The number of hydrogen-bond donors (Lipinski definition) is 0. The Morgan fingerprint density at radius 3 is 2.90 bits per heavy atom. The van der Waals surface area contributed by atoms with Crippen molar-refractivity contribution in [3.05, 3.63) is 53.9 Å². The molecule has 0 radical (unpaired) electrons. The Kier molecular flexibility index (Phi) is 4.06. The molecule has 0 fully saturated rings. The Hall–Kier alpha value is -2.08. The molecule has 0 bridgehead atoms. The standard InChI is InChI=1S/C15H16N4OS/c1-21-15-16-7-8-19(15)14(20)13-9-17-18(11-13)10-12-5-3-2-4-6-12/h2-6,9,11H,7-8,10H2,1H3. The average molecular weight is 300 g/mol. The molecule has 2 aromatic rings. The van der Waals surface area contributed by atoms with Gasteiger partial charge < -0.3 is 0 Å². The summed E-state index contributed by atoms with van der Waals surface area (Å²) in [4.78, 5) is 18.5. The summed E-state index contributed by atoms with van der Waals surface area (Å²) in [5.74, 6) is -0.0279. The minimum Gasteiger partial charge on any atom is -0.286 e. The highest BCUT2D eigenvalue weighted by atomic mass is 32.2. The second-order valence-corrected chi connectivity index (χ2v) is 5.51. The van der Waals surface area contributed by atoms with Gasteiger partial charge in [-0.25, -0.2) is 0 Å². The summed E-state index contributed by atoms with van der Waals surface area (Å²) < 4.78 is 1.79. The van der Waals surface area contributed by atoms with Crippen LogP contribution in [0.2, 0.25) is 0 Å². The van der Waals surface area contributed by atoms with Crippen molar-refractivity contribution < 1.29 is 4.79 Å². The minimum absolute atomic E-state index is 0.0279. The highest BCUT2D eigenvalue weighted by molar-refractivity contribution is 8.13. The zero-order valence-corrected chi connectivity index (χ0v) is 12.6. The molecule has 2 heterocycles. The normalized spacial score (nSPS) is 14.3. The lowest BCUT2D eigenvalue weighted by Gasteiger charge is -2.15. The fourth-order valence-corrected chi connectivity index (χ4v) is 2.89. The van der Waals surface area contributed by atoms with E-state index in [0.29, 0.717) is 25.2 Å². The van der Waals surface area contributed by atoms with E-state index in [1.807, 2.05) is 36.6 Å². The van der Waals surface area contributed by atoms with Crippen LogP contribution in [-0.2, 0) is 6.54 Å². The molecule has 0 N–H and O–H groups in total. The van der Waals surface area contributed by atoms with Gasteiger partial charge in [-0.2, -0.15) is 5.10 Å². The third kappa shape index (κ3) is 3.00. The molecule has 108 valence electrons. The summed E-state index contributed by atoms with van der Waals surface area (Å²) in [5.41, 5.74) is 1.77. The summed E-state index contributed by atoms with van der Waals surface area (Å²) in [6.07, 6.45) is 5.36. The monoisotopic (exact) mass is 300 g/mol. The average Bonchev–Trinajstić information content (AvgIpc) is 3.16. The molecule has 5 nitrogen and oxygen atoms in total. The Balaban J connectivity index is 1.73. The first kappa shape index (κ1) is 13.9. The quantitative estimate of drug-likeness (QED) is 0.872. The lowest BCUT2D eigenvalue weighted by atomic mass is 10.2. The number of nitrogens with zero attached hydrogens (tertiary/aromatic N) is 4. The van der Waals surface area contributed by atoms with Gasteiger partial charge in [0.15, 0.2) is 5.17 Å². The van der Waals surface area contributed by atoms with Crippen molar-refractivity contribution in [3.8, 4) is 0 Å². The van der Waals surface area contributed by atoms with E-state index in [1.54, 1.807) is 22.0 Å². The molecule has 0 aliphatic carbocycles. The van der Waals surface area contributed by atoms with Crippen molar-refractivity contribution in [2.24, 2.45) is 4.99 Å². The number of amides is 1.